The van der Waals surface area contributed by atoms with Crippen LogP contribution in [0.5, 0.6) is 0 Å². The lowest BCUT2D eigenvalue weighted by atomic mass is 9.77. The minimum atomic E-state index is -1.03. The molecule has 0 aromatic rings. The quantitative estimate of drug-likeness (QED) is 0.659. The molecule has 3 N–H and O–H groups in total. The summed E-state index contributed by atoms with van der Waals surface area (Å²) in [6, 6.07) is 0. The predicted octanol–water partition coefficient (Wildman–Crippen LogP) is 1.86. The lowest BCUT2D eigenvalue weighted by molar-refractivity contribution is -0.0858. The van der Waals surface area contributed by atoms with Crippen molar-refractivity contribution in [3.8, 4) is 0 Å². The molecule has 0 saturated heterocycles. The summed E-state index contributed by atoms with van der Waals surface area (Å²) in [7, 11) is 0. The third-order valence-electron chi connectivity index (χ3n) is 5.06. The van der Waals surface area contributed by atoms with E-state index in [-0.39, 0.29) is 18.4 Å². The Labute approximate surface area is 110 Å². The minimum absolute atomic E-state index is 0.0197. The summed E-state index contributed by atoms with van der Waals surface area (Å²) in [5, 5.41) is 30.7. The maximum atomic E-state index is 10.7. The highest BCUT2D eigenvalue weighted by molar-refractivity contribution is 5.19. The monoisotopic (exact) mass is 254 g/mol. The Morgan fingerprint density at radius 1 is 1.33 bits per heavy atom. The number of hydrogen-bond acceptors (Lipinski definition) is 3. The number of rotatable bonds is 2. The summed E-state index contributed by atoms with van der Waals surface area (Å²) >= 11 is 0. The summed E-state index contributed by atoms with van der Waals surface area (Å²) in [4.78, 5) is 0. The van der Waals surface area contributed by atoms with E-state index in [1.807, 2.05) is 6.92 Å². The van der Waals surface area contributed by atoms with Crippen LogP contribution in [0, 0.1) is 17.8 Å². The zero-order valence-electron chi connectivity index (χ0n) is 11.7. The second-order valence-corrected chi connectivity index (χ2v) is 6.69. The Morgan fingerprint density at radius 3 is 2.56 bits per heavy atom. The molecule has 0 aliphatic heterocycles. The highest BCUT2D eigenvalue weighted by Gasteiger charge is 2.52. The van der Waals surface area contributed by atoms with E-state index in [4.69, 9.17) is 0 Å². The van der Waals surface area contributed by atoms with Crippen molar-refractivity contribution >= 4 is 0 Å². The first kappa shape index (κ1) is 14.0. The van der Waals surface area contributed by atoms with Gasteiger partial charge in [0.2, 0.25) is 0 Å². The fourth-order valence-corrected chi connectivity index (χ4v) is 3.66. The van der Waals surface area contributed by atoms with Crippen LogP contribution in [0.4, 0.5) is 0 Å². The van der Waals surface area contributed by atoms with Crippen molar-refractivity contribution in [2.75, 3.05) is 6.61 Å². The largest absolute Gasteiger partial charge is 0.393 e. The standard InChI is InChI=1S/C15H26O3/c1-10(2)11-4-7-15(18,9-16)12-5-6-14(3,17)13(12)8-11/h8,10,12-13,16-18H,4-7,9H2,1-3H3/t12?,13-,14-,15+/m0/s1. The Bertz CT molecular complexity index is 346. The number of hydrogen-bond donors (Lipinski definition) is 3. The molecule has 2 rings (SSSR count). The van der Waals surface area contributed by atoms with Gasteiger partial charge in [-0.2, -0.15) is 0 Å². The van der Waals surface area contributed by atoms with Crippen LogP contribution in [-0.2, 0) is 0 Å². The van der Waals surface area contributed by atoms with Crippen LogP contribution in [0.15, 0.2) is 11.6 Å². The summed E-state index contributed by atoms with van der Waals surface area (Å²) in [5.74, 6) is 0.381. The summed E-state index contributed by atoms with van der Waals surface area (Å²) in [5.41, 5.74) is -0.479. The number of fused-ring (bicyclic) bond motifs is 1. The Morgan fingerprint density at radius 2 is 2.00 bits per heavy atom. The molecule has 0 aromatic carbocycles. The summed E-state index contributed by atoms with van der Waals surface area (Å²) < 4.78 is 0. The first-order valence-corrected chi connectivity index (χ1v) is 7.06. The molecule has 1 unspecified atom stereocenters. The molecule has 18 heavy (non-hydrogen) atoms. The maximum Gasteiger partial charge on any atom is 0.0915 e. The molecule has 3 heteroatoms. The van der Waals surface area contributed by atoms with Crippen molar-refractivity contribution in [1.29, 1.82) is 0 Å². The van der Waals surface area contributed by atoms with Gasteiger partial charge in [0.25, 0.3) is 0 Å². The molecule has 104 valence electrons. The molecule has 4 atom stereocenters. The molecular formula is C15H26O3. The highest BCUT2D eigenvalue weighted by Crippen LogP contribution is 2.50. The van der Waals surface area contributed by atoms with Gasteiger partial charge in [0, 0.05) is 5.92 Å². The van der Waals surface area contributed by atoms with E-state index in [9.17, 15) is 15.3 Å². The third-order valence-corrected chi connectivity index (χ3v) is 5.06. The molecule has 0 aromatic heterocycles. The zero-order chi connectivity index (χ0) is 13.6. The maximum absolute atomic E-state index is 10.7. The first-order valence-electron chi connectivity index (χ1n) is 7.06. The fourth-order valence-electron chi connectivity index (χ4n) is 3.66. The molecular weight excluding hydrogens is 228 g/mol. The first-order chi connectivity index (χ1) is 8.30. The third kappa shape index (κ3) is 2.24. The second-order valence-electron chi connectivity index (χ2n) is 6.69. The number of aliphatic hydroxyl groups is 3. The van der Waals surface area contributed by atoms with Crippen molar-refractivity contribution in [2.45, 2.75) is 57.7 Å². The van der Waals surface area contributed by atoms with E-state index >= 15 is 0 Å². The fraction of sp³-hybridized carbons (Fsp3) is 0.867. The lowest BCUT2D eigenvalue weighted by Gasteiger charge is -2.36. The van der Waals surface area contributed by atoms with Crippen LogP contribution < -0.4 is 0 Å². The van der Waals surface area contributed by atoms with Crippen molar-refractivity contribution in [3.63, 3.8) is 0 Å². The van der Waals surface area contributed by atoms with Crippen LogP contribution in [-0.4, -0.2) is 33.1 Å². The molecule has 2 aliphatic rings. The molecule has 0 bridgehead atoms. The minimum Gasteiger partial charge on any atom is -0.393 e. The Kier molecular flexibility index (Phi) is 3.60. The van der Waals surface area contributed by atoms with Gasteiger partial charge in [0.05, 0.1) is 17.8 Å². The van der Waals surface area contributed by atoms with Crippen LogP contribution >= 0.6 is 0 Å². The Hall–Kier alpha value is -0.380. The summed E-state index contributed by atoms with van der Waals surface area (Å²) in [6.45, 7) is 5.94. The predicted molar refractivity (Wildman–Crippen MR) is 71.0 cm³/mol. The average Bonchev–Trinajstić information content (AvgIpc) is 2.50. The van der Waals surface area contributed by atoms with Crippen molar-refractivity contribution in [1.82, 2.24) is 0 Å². The van der Waals surface area contributed by atoms with Gasteiger partial charge in [-0.25, -0.2) is 0 Å². The zero-order valence-corrected chi connectivity index (χ0v) is 11.7. The molecule has 0 heterocycles. The Balaban J connectivity index is 2.38. The molecule has 0 spiro atoms. The molecule has 0 amide bonds. The van der Waals surface area contributed by atoms with E-state index < -0.39 is 11.2 Å². The van der Waals surface area contributed by atoms with Gasteiger partial charge in [-0.3, -0.25) is 0 Å². The van der Waals surface area contributed by atoms with E-state index in [1.165, 1.54) is 5.57 Å². The van der Waals surface area contributed by atoms with Gasteiger partial charge in [-0.1, -0.05) is 25.5 Å². The van der Waals surface area contributed by atoms with Gasteiger partial charge >= 0.3 is 0 Å². The molecule has 1 fully saturated rings. The van der Waals surface area contributed by atoms with Gasteiger partial charge in [0.1, 0.15) is 0 Å². The molecule has 0 radical (unpaired) electrons. The van der Waals surface area contributed by atoms with Gasteiger partial charge < -0.3 is 15.3 Å². The van der Waals surface area contributed by atoms with Crippen molar-refractivity contribution in [2.24, 2.45) is 17.8 Å². The second kappa shape index (κ2) is 4.62. The average molecular weight is 254 g/mol. The number of allylic oxidation sites excluding steroid dienone is 1. The van der Waals surface area contributed by atoms with E-state index in [2.05, 4.69) is 19.9 Å². The topological polar surface area (TPSA) is 60.7 Å². The highest BCUT2D eigenvalue weighted by atomic mass is 16.3. The van der Waals surface area contributed by atoms with E-state index in [0.717, 1.165) is 12.8 Å². The number of aliphatic hydroxyl groups excluding tert-OH is 1. The van der Waals surface area contributed by atoms with Crippen molar-refractivity contribution in [3.05, 3.63) is 11.6 Å². The smallest absolute Gasteiger partial charge is 0.0915 e. The normalized spacial score (nSPS) is 44.7. The van der Waals surface area contributed by atoms with Crippen LogP contribution in [0.1, 0.15) is 46.5 Å². The summed E-state index contributed by atoms with van der Waals surface area (Å²) in [6.07, 6.45) is 5.08. The van der Waals surface area contributed by atoms with Crippen molar-refractivity contribution < 1.29 is 15.3 Å². The van der Waals surface area contributed by atoms with Gasteiger partial charge in [0.15, 0.2) is 0 Å². The molecule has 1 saturated carbocycles. The lowest BCUT2D eigenvalue weighted by Crippen LogP contribution is -2.45. The van der Waals surface area contributed by atoms with E-state index in [1.54, 1.807) is 0 Å². The van der Waals surface area contributed by atoms with Crippen LogP contribution in [0.2, 0.25) is 0 Å². The van der Waals surface area contributed by atoms with E-state index in [0.29, 0.717) is 18.8 Å². The molecule has 2 aliphatic carbocycles. The SMILES string of the molecule is CC(C)C1=C[C@H]2C(CC[C@]2(C)O)[C@](O)(CO)CC1. The van der Waals surface area contributed by atoms with Crippen LogP contribution in [0.25, 0.3) is 0 Å². The van der Waals surface area contributed by atoms with Crippen LogP contribution in [0.3, 0.4) is 0 Å². The van der Waals surface area contributed by atoms with Gasteiger partial charge in [-0.15, -0.1) is 0 Å². The molecule has 3 nitrogen and oxygen atoms in total. The van der Waals surface area contributed by atoms with Gasteiger partial charge in [-0.05, 0) is 44.4 Å².